The second kappa shape index (κ2) is 4.61. The Labute approximate surface area is 102 Å². The summed E-state index contributed by atoms with van der Waals surface area (Å²) < 4.78 is 5.95. The van der Waals surface area contributed by atoms with Crippen molar-refractivity contribution < 1.29 is 9.53 Å². The fraction of sp³-hybridized carbons (Fsp3) is 0.533. The number of carbonyl (C=O) groups is 1. The Bertz CT molecular complexity index is 383. The molecule has 1 aromatic rings. The number of fused-ring (bicyclic) bond motifs is 2. The first-order chi connectivity index (χ1) is 8.33. The van der Waals surface area contributed by atoms with E-state index in [-0.39, 0.29) is 0 Å². The van der Waals surface area contributed by atoms with E-state index in [2.05, 4.69) is 12.1 Å². The van der Waals surface area contributed by atoms with Crippen molar-refractivity contribution in [3.8, 4) is 0 Å². The number of rotatable bonds is 3. The minimum absolute atomic E-state index is 0.297. The highest BCUT2D eigenvalue weighted by atomic mass is 16.5. The van der Waals surface area contributed by atoms with Crippen molar-refractivity contribution in [1.29, 1.82) is 0 Å². The third-order valence-electron chi connectivity index (χ3n) is 4.09. The number of carbonyl (C=O) groups excluding carboxylic acids is 1. The maximum Gasteiger partial charge on any atom is 0.139 e. The Morgan fingerprint density at radius 1 is 1.06 bits per heavy atom. The van der Waals surface area contributed by atoms with Gasteiger partial charge in [0.15, 0.2) is 0 Å². The third-order valence-corrected chi connectivity index (χ3v) is 4.09. The maximum atomic E-state index is 11.8. The quantitative estimate of drug-likeness (QED) is 0.798. The van der Waals surface area contributed by atoms with Crippen LogP contribution in [-0.2, 0) is 16.1 Å². The molecule has 2 bridgehead atoms. The highest BCUT2D eigenvalue weighted by molar-refractivity contribution is 5.86. The number of Topliss-reactive ketones (excluding diaryl/α,β-unsaturated/α-hetero) is 1. The van der Waals surface area contributed by atoms with Crippen molar-refractivity contribution in [3.05, 3.63) is 35.9 Å². The molecule has 2 heteroatoms. The molecule has 2 nitrogen and oxygen atoms in total. The molecule has 2 aliphatic rings. The molecule has 0 aromatic heterocycles. The molecular weight excluding hydrogens is 212 g/mol. The lowest BCUT2D eigenvalue weighted by atomic mass is 9.86. The minimum atomic E-state index is 0.297. The van der Waals surface area contributed by atoms with Crippen molar-refractivity contribution in [2.45, 2.75) is 38.4 Å². The highest BCUT2D eigenvalue weighted by Gasteiger charge is 2.41. The van der Waals surface area contributed by atoms with Gasteiger partial charge in [-0.3, -0.25) is 4.79 Å². The van der Waals surface area contributed by atoms with Gasteiger partial charge in [-0.15, -0.1) is 0 Å². The highest BCUT2D eigenvalue weighted by Crippen LogP contribution is 2.40. The van der Waals surface area contributed by atoms with Gasteiger partial charge in [-0.2, -0.15) is 0 Å². The molecule has 0 radical (unpaired) electrons. The van der Waals surface area contributed by atoms with Gasteiger partial charge in [0.2, 0.25) is 0 Å². The predicted molar refractivity (Wildman–Crippen MR) is 65.5 cm³/mol. The summed E-state index contributed by atoms with van der Waals surface area (Å²) in [6.45, 7) is 0.680. The molecule has 3 rings (SSSR count). The molecule has 0 saturated heterocycles. The summed E-state index contributed by atoms with van der Waals surface area (Å²) in [5, 5.41) is 0. The summed E-state index contributed by atoms with van der Waals surface area (Å²) in [5.41, 5.74) is 1.22. The van der Waals surface area contributed by atoms with Gasteiger partial charge in [0.1, 0.15) is 5.78 Å². The van der Waals surface area contributed by atoms with E-state index < -0.39 is 0 Å². The van der Waals surface area contributed by atoms with E-state index in [0.717, 1.165) is 25.7 Å². The molecule has 0 aliphatic heterocycles. The van der Waals surface area contributed by atoms with E-state index in [9.17, 15) is 4.79 Å². The Morgan fingerprint density at radius 3 is 2.35 bits per heavy atom. The number of hydrogen-bond donors (Lipinski definition) is 0. The van der Waals surface area contributed by atoms with Crippen LogP contribution in [0.2, 0.25) is 0 Å². The zero-order valence-corrected chi connectivity index (χ0v) is 9.97. The Morgan fingerprint density at radius 2 is 1.71 bits per heavy atom. The van der Waals surface area contributed by atoms with E-state index in [1.807, 2.05) is 18.2 Å². The average molecular weight is 230 g/mol. The normalized spacial score (nSPS) is 31.8. The third kappa shape index (κ3) is 2.27. The number of ether oxygens (including phenoxy) is 1. The zero-order chi connectivity index (χ0) is 11.7. The topological polar surface area (TPSA) is 26.3 Å². The van der Waals surface area contributed by atoms with Gasteiger partial charge in [0, 0.05) is 11.8 Å². The summed E-state index contributed by atoms with van der Waals surface area (Å²) in [6.07, 6.45) is 4.37. The van der Waals surface area contributed by atoms with Gasteiger partial charge in [0.25, 0.3) is 0 Å². The Hall–Kier alpha value is -1.15. The van der Waals surface area contributed by atoms with E-state index >= 15 is 0 Å². The van der Waals surface area contributed by atoms with Crippen LogP contribution in [0.3, 0.4) is 0 Å². The fourth-order valence-corrected chi connectivity index (χ4v) is 3.14. The van der Waals surface area contributed by atoms with Crippen LogP contribution in [0.5, 0.6) is 0 Å². The van der Waals surface area contributed by atoms with E-state index in [4.69, 9.17) is 4.74 Å². The van der Waals surface area contributed by atoms with Crippen LogP contribution in [-0.4, -0.2) is 11.9 Å². The molecule has 2 fully saturated rings. The second-order valence-electron chi connectivity index (χ2n) is 5.26. The fourth-order valence-electron chi connectivity index (χ4n) is 3.14. The van der Waals surface area contributed by atoms with Crippen molar-refractivity contribution in [2.75, 3.05) is 0 Å². The first-order valence-electron chi connectivity index (χ1n) is 6.52. The number of hydrogen-bond acceptors (Lipinski definition) is 2. The smallest absolute Gasteiger partial charge is 0.139 e. The largest absolute Gasteiger partial charge is 0.373 e. The van der Waals surface area contributed by atoms with Crippen LogP contribution in [0.15, 0.2) is 30.3 Å². The standard InChI is InChI=1S/C15H18O2/c16-15-12-6-7-13(15)9-14(8-12)17-10-11-4-2-1-3-5-11/h1-5,12-14H,6-10H2/t12-,13+,14?. The predicted octanol–water partition coefficient (Wildman–Crippen LogP) is 2.96. The van der Waals surface area contributed by atoms with Crippen molar-refractivity contribution in [3.63, 3.8) is 0 Å². The molecule has 17 heavy (non-hydrogen) atoms. The Balaban J connectivity index is 1.56. The van der Waals surface area contributed by atoms with E-state index in [1.54, 1.807) is 0 Å². The average Bonchev–Trinajstić information content (AvgIpc) is 2.61. The lowest BCUT2D eigenvalue weighted by molar-refractivity contribution is -0.130. The summed E-state index contributed by atoms with van der Waals surface area (Å²) in [5.74, 6) is 1.11. The molecule has 1 unspecified atom stereocenters. The summed E-state index contributed by atoms with van der Waals surface area (Å²) in [6, 6.07) is 10.3. The molecule has 2 aliphatic carbocycles. The second-order valence-corrected chi connectivity index (χ2v) is 5.26. The Kier molecular flexibility index (Phi) is 2.98. The van der Waals surface area contributed by atoms with Gasteiger partial charge in [0.05, 0.1) is 12.7 Å². The molecule has 0 heterocycles. The van der Waals surface area contributed by atoms with E-state index in [0.29, 0.717) is 30.3 Å². The van der Waals surface area contributed by atoms with E-state index in [1.165, 1.54) is 5.56 Å². The first-order valence-corrected chi connectivity index (χ1v) is 6.52. The van der Waals surface area contributed by atoms with Crippen molar-refractivity contribution in [1.82, 2.24) is 0 Å². The number of ketones is 1. The maximum absolute atomic E-state index is 11.8. The molecule has 1 aromatic carbocycles. The summed E-state index contributed by atoms with van der Waals surface area (Å²) in [7, 11) is 0. The van der Waals surface area contributed by atoms with Crippen LogP contribution in [0.1, 0.15) is 31.2 Å². The van der Waals surface area contributed by atoms with Gasteiger partial charge < -0.3 is 4.74 Å². The van der Waals surface area contributed by atoms with Crippen molar-refractivity contribution >= 4 is 5.78 Å². The van der Waals surface area contributed by atoms with Gasteiger partial charge in [-0.1, -0.05) is 30.3 Å². The molecule has 90 valence electrons. The van der Waals surface area contributed by atoms with Gasteiger partial charge in [-0.25, -0.2) is 0 Å². The first kappa shape index (κ1) is 11.0. The van der Waals surface area contributed by atoms with Gasteiger partial charge in [-0.05, 0) is 31.2 Å². The molecule has 0 spiro atoms. The lowest BCUT2D eigenvalue weighted by Gasteiger charge is -2.26. The van der Waals surface area contributed by atoms with Crippen LogP contribution in [0.25, 0.3) is 0 Å². The van der Waals surface area contributed by atoms with Crippen LogP contribution in [0, 0.1) is 11.8 Å². The molecule has 0 amide bonds. The minimum Gasteiger partial charge on any atom is -0.373 e. The molecule has 3 atom stereocenters. The molecule has 2 saturated carbocycles. The van der Waals surface area contributed by atoms with Crippen molar-refractivity contribution in [2.24, 2.45) is 11.8 Å². The molecular formula is C15H18O2. The number of benzene rings is 1. The molecule has 0 N–H and O–H groups in total. The van der Waals surface area contributed by atoms with Crippen LogP contribution in [0.4, 0.5) is 0 Å². The summed E-state index contributed by atoms with van der Waals surface area (Å²) in [4.78, 5) is 11.8. The van der Waals surface area contributed by atoms with Crippen LogP contribution < -0.4 is 0 Å². The van der Waals surface area contributed by atoms with Gasteiger partial charge >= 0.3 is 0 Å². The lowest BCUT2D eigenvalue weighted by Crippen LogP contribution is -2.30. The monoisotopic (exact) mass is 230 g/mol. The zero-order valence-electron chi connectivity index (χ0n) is 9.97. The SMILES string of the molecule is O=C1[C@@H]2CC[C@H]1CC(OCc1ccccc1)C2. The van der Waals surface area contributed by atoms with Crippen LogP contribution >= 0.6 is 0 Å². The summed E-state index contributed by atoms with van der Waals surface area (Å²) >= 11 is 0.